The maximum Gasteiger partial charge on any atom is 0.256 e. The van der Waals surface area contributed by atoms with Crippen LogP contribution in [0.15, 0.2) is 48.5 Å². The van der Waals surface area contributed by atoms with Gasteiger partial charge in [-0.3, -0.25) is 0 Å². The molecule has 1 heterocycles. The molecular formula is C20H25N2O2+. The maximum atomic E-state index is 10.5. The van der Waals surface area contributed by atoms with Crippen LogP contribution >= 0.6 is 0 Å². The summed E-state index contributed by atoms with van der Waals surface area (Å²) in [6.07, 6.45) is 0.349. The van der Waals surface area contributed by atoms with E-state index < -0.39 is 6.10 Å². The van der Waals surface area contributed by atoms with E-state index in [2.05, 4.69) is 35.2 Å². The predicted octanol–water partition coefficient (Wildman–Crippen LogP) is 2.78. The second kappa shape index (κ2) is 7.05. The van der Waals surface area contributed by atoms with E-state index in [9.17, 15) is 5.11 Å². The molecule has 0 radical (unpaired) electrons. The molecule has 2 aromatic carbocycles. The fourth-order valence-electron chi connectivity index (χ4n) is 3.23. The first-order valence-electron chi connectivity index (χ1n) is 8.44. The molecule has 24 heavy (non-hydrogen) atoms. The first kappa shape index (κ1) is 16.5. The number of rotatable bonds is 6. The molecule has 0 aliphatic heterocycles. The summed E-state index contributed by atoms with van der Waals surface area (Å²) >= 11 is 0. The summed E-state index contributed by atoms with van der Waals surface area (Å²) in [5.41, 5.74) is 3.41. The summed E-state index contributed by atoms with van der Waals surface area (Å²) in [5.74, 6) is 2.03. The lowest BCUT2D eigenvalue weighted by molar-refractivity contribution is -0.653. The van der Waals surface area contributed by atoms with Crippen LogP contribution in [0.1, 0.15) is 18.3 Å². The Morgan fingerprint density at radius 2 is 1.83 bits per heavy atom. The molecule has 0 saturated heterocycles. The Kier molecular flexibility index (Phi) is 4.86. The van der Waals surface area contributed by atoms with Crippen molar-refractivity contribution in [2.24, 2.45) is 7.05 Å². The first-order chi connectivity index (χ1) is 11.6. The highest BCUT2D eigenvalue weighted by molar-refractivity contribution is 5.72. The third-order valence-electron chi connectivity index (χ3n) is 4.47. The van der Waals surface area contributed by atoms with E-state index >= 15 is 0 Å². The van der Waals surface area contributed by atoms with Crippen LogP contribution < -0.4 is 9.30 Å². The number of hydrogen-bond acceptors (Lipinski definition) is 2. The van der Waals surface area contributed by atoms with Gasteiger partial charge in [-0.1, -0.05) is 37.3 Å². The molecule has 126 valence electrons. The SMILES string of the molecule is CCc1n(C[C@@H](O)COc2ccccc2C)c2ccccc2[n+]1C. The van der Waals surface area contributed by atoms with Crippen molar-refractivity contribution in [2.75, 3.05) is 6.61 Å². The highest BCUT2D eigenvalue weighted by atomic mass is 16.5. The summed E-state index contributed by atoms with van der Waals surface area (Å²) in [6, 6.07) is 16.2. The van der Waals surface area contributed by atoms with E-state index in [1.165, 1.54) is 11.3 Å². The van der Waals surface area contributed by atoms with E-state index in [0.29, 0.717) is 6.54 Å². The zero-order valence-electron chi connectivity index (χ0n) is 14.6. The lowest BCUT2D eigenvalue weighted by Crippen LogP contribution is -2.34. The zero-order chi connectivity index (χ0) is 17.1. The van der Waals surface area contributed by atoms with Crippen LogP contribution in [0.25, 0.3) is 11.0 Å². The Bertz CT molecular complexity index is 839. The van der Waals surface area contributed by atoms with Gasteiger partial charge in [0.1, 0.15) is 25.0 Å². The summed E-state index contributed by atoms with van der Waals surface area (Å²) in [7, 11) is 2.08. The van der Waals surface area contributed by atoms with Gasteiger partial charge in [-0.2, -0.15) is 0 Å². The van der Waals surface area contributed by atoms with Crippen molar-refractivity contribution in [2.45, 2.75) is 32.9 Å². The Hall–Kier alpha value is -2.33. The van der Waals surface area contributed by atoms with Crippen LogP contribution in [0.4, 0.5) is 0 Å². The zero-order valence-corrected chi connectivity index (χ0v) is 14.6. The number of imidazole rings is 1. The average molecular weight is 325 g/mol. The molecule has 4 heteroatoms. The van der Waals surface area contributed by atoms with Crippen LogP contribution in [0.2, 0.25) is 0 Å². The lowest BCUT2D eigenvalue weighted by atomic mass is 10.2. The first-order valence-corrected chi connectivity index (χ1v) is 8.44. The summed E-state index contributed by atoms with van der Waals surface area (Å²) in [5, 5.41) is 10.5. The number of nitrogens with zero attached hydrogens (tertiary/aromatic N) is 2. The van der Waals surface area contributed by atoms with Gasteiger partial charge in [-0.25, -0.2) is 9.13 Å². The van der Waals surface area contributed by atoms with Gasteiger partial charge in [-0.15, -0.1) is 0 Å². The van der Waals surface area contributed by atoms with Crippen LogP contribution in [-0.2, 0) is 20.0 Å². The van der Waals surface area contributed by atoms with Crippen molar-refractivity contribution >= 4 is 11.0 Å². The molecule has 0 saturated carbocycles. The van der Waals surface area contributed by atoms with E-state index in [1.54, 1.807) is 0 Å². The van der Waals surface area contributed by atoms with Crippen LogP contribution in [0.5, 0.6) is 5.75 Å². The molecule has 3 aromatic rings. The molecule has 1 atom stereocenters. The highest BCUT2D eigenvalue weighted by Crippen LogP contribution is 2.18. The van der Waals surface area contributed by atoms with Gasteiger partial charge in [-0.05, 0) is 30.7 Å². The number of benzene rings is 2. The minimum atomic E-state index is -0.564. The van der Waals surface area contributed by atoms with E-state index in [-0.39, 0.29) is 6.61 Å². The minimum Gasteiger partial charge on any atom is -0.490 e. The van der Waals surface area contributed by atoms with Gasteiger partial charge in [0.05, 0.1) is 7.05 Å². The molecular weight excluding hydrogens is 300 g/mol. The lowest BCUT2D eigenvalue weighted by Gasteiger charge is -2.13. The largest absolute Gasteiger partial charge is 0.490 e. The van der Waals surface area contributed by atoms with E-state index in [1.807, 2.05) is 43.3 Å². The number of aryl methyl sites for hydroxylation is 2. The molecule has 1 N–H and O–H groups in total. The van der Waals surface area contributed by atoms with Gasteiger partial charge in [0.2, 0.25) is 0 Å². The van der Waals surface area contributed by atoms with Gasteiger partial charge >= 0.3 is 0 Å². The number of para-hydroxylation sites is 3. The van der Waals surface area contributed by atoms with Crippen LogP contribution in [0, 0.1) is 6.92 Å². The number of aliphatic hydroxyl groups is 1. The Labute approximate surface area is 142 Å². The average Bonchev–Trinajstić information content (AvgIpc) is 2.86. The molecule has 0 unspecified atom stereocenters. The van der Waals surface area contributed by atoms with Crippen LogP contribution in [-0.4, -0.2) is 22.4 Å². The summed E-state index contributed by atoms with van der Waals surface area (Å²) < 4.78 is 10.2. The third kappa shape index (κ3) is 3.15. The molecule has 0 spiro atoms. The molecule has 0 aliphatic carbocycles. The Morgan fingerprint density at radius 1 is 1.12 bits per heavy atom. The maximum absolute atomic E-state index is 10.5. The summed E-state index contributed by atoms with van der Waals surface area (Å²) in [6.45, 7) is 4.96. The van der Waals surface area contributed by atoms with E-state index in [0.717, 1.165) is 23.3 Å². The molecule has 0 fully saturated rings. The van der Waals surface area contributed by atoms with Crippen LogP contribution in [0.3, 0.4) is 0 Å². The molecule has 3 rings (SSSR count). The van der Waals surface area contributed by atoms with Gasteiger partial charge in [0.25, 0.3) is 5.82 Å². The number of hydrogen-bond donors (Lipinski definition) is 1. The number of aromatic nitrogens is 2. The van der Waals surface area contributed by atoms with Crippen molar-refractivity contribution < 1.29 is 14.4 Å². The molecule has 0 amide bonds. The van der Waals surface area contributed by atoms with Crippen molar-refractivity contribution in [1.29, 1.82) is 0 Å². The molecule has 0 bridgehead atoms. The summed E-state index contributed by atoms with van der Waals surface area (Å²) in [4.78, 5) is 0. The van der Waals surface area contributed by atoms with Crippen molar-refractivity contribution in [3.63, 3.8) is 0 Å². The molecule has 4 nitrogen and oxygen atoms in total. The van der Waals surface area contributed by atoms with Crippen molar-refractivity contribution in [1.82, 2.24) is 4.57 Å². The normalized spacial score (nSPS) is 12.5. The second-order valence-electron chi connectivity index (χ2n) is 6.16. The highest BCUT2D eigenvalue weighted by Gasteiger charge is 2.23. The standard InChI is InChI=1S/C20H25N2O2/c1-4-20-21(3)17-10-6-7-11-18(17)22(20)13-16(23)14-24-19-12-8-5-9-15(19)2/h5-12,16,23H,4,13-14H2,1-3H3/q+1/t16-/m1/s1. The molecule has 1 aromatic heterocycles. The predicted molar refractivity (Wildman–Crippen MR) is 95.2 cm³/mol. The number of aliphatic hydroxyl groups excluding tert-OH is 1. The molecule has 0 aliphatic rings. The topological polar surface area (TPSA) is 38.3 Å². The Balaban J connectivity index is 1.78. The Morgan fingerprint density at radius 3 is 2.58 bits per heavy atom. The fourth-order valence-corrected chi connectivity index (χ4v) is 3.23. The monoisotopic (exact) mass is 325 g/mol. The van der Waals surface area contributed by atoms with Gasteiger partial charge in [0, 0.05) is 6.42 Å². The smallest absolute Gasteiger partial charge is 0.256 e. The minimum absolute atomic E-state index is 0.282. The fraction of sp³-hybridized carbons (Fsp3) is 0.350. The quantitative estimate of drug-likeness (QED) is 0.708. The number of ether oxygens (including phenoxy) is 1. The number of fused-ring (bicyclic) bond motifs is 1. The van der Waals surface area contributed by atoms with Gasteiger partial charge in [0.15, 0.2) is 11.0 Å². The van der Waals surface area contributed by atoms with Gasteiger partial charge < -0.3 is 9.84 Å². The van der Waals surface area contributed by atoms with E-state index in [4.69, 9.17) is 4.74 Å². The van der Waals surface area contributed by atoms with Crippen molar-refractivity contribution in [3.05, 3.63) is 59.9 Å². The third-order valence-corrected chi connectivity index (χ3v) is 4.47. The second-order valence-corrected chi connectivity index (χ2v) is 6.16. The van der Waals surface area contributed by atoms with Crippen molar-refractivity contribution in [3.8, 4) is 5.75 Å².